The first-order chi connectivity index (χ1) is 16.9. The number of amides is 2. The Kier molecular flexibility index (Phi) is 11.2. The zero-order valence-corrected chi connectivity index (χ0v) is 23.6. The van der Waals surface area contributed by atoms with Crippen molar-refractivity contribution in [2.24, 2.45) is 0 Å². The SMILES string of the molecule is CCNC(=O)C(C)N(Cc1ccc(Cl)cc1Cl)C(=O)CCCN(c1ccc(OC)c(Cl)c1)S(C)(=O)=O. The maximum atomic E-state index is 13.3. The van der Waals surface area contributed by atoms with Crippen LogP contribution in [0.5, 0.6) is 5.75 Å². The van der Waals surface area contributed by atoms with Crippen LogP contribution in [0.3, 0.4) is 0 Å². The molecule has 0 saturated carbocycles. The molecule has 0 spiro atoms. The number of nitrogens with one attached hydrogen (secondary N) is 1. The van der Waals surface area contributed by atoms with E-state index in [9.17, 15) is 18.0 Å². The summed E-state index contributed by atoms with van der Waals surface area (Å²) in [5.74, 6) is -0.206. The van der Waals surface area contributed by atoms with Crippen LogP contribution in [0.25, 0.3) is 0 Å². The van der Waals surface area contributed by atoms with Crippen LogP contribution in [0, 0.1) is 0 Å². The van der Waals surface area contributed by atoms with Gasteiger partial charge in [-0.05, 0) is 56.2 Å². The topological polar surface area (TPSA) is 96.0 Å². The molecule has 0 aliphatic carbocycles. The van der Waals surface area contributed by atoms with Crippen molar-refractivity contribution < 1.29 is 22.7 Å². The van der Waals surface area contributed by atoms with E-state index in [1.54, 1.807) is 44.2 Å². The average molecular weight is 579 g/mol. The Bertz CT molecular complexity index is 1190. The van der Waals surface area contributed by atoms with Gasteiger partial charge in [0.2, 0.25) is 21.8 Å². The molecule has 1 atom stereocenters. The minimum absolute atomic E-state index is 0.00482. The predicted molar refractivity (Wildman–Crippen MR) is 145 cm³/mol. The van der Waals surface area contributed by atoms with E-state index in [0.29, 0.717) is 33.6 Å². The van der Waals surface area contributed by atoms with Crippen molar-refractivity contribution in [1.82, 2.24) is 10.2 Å². The zero-order chi connectivity index (χ0) is 27.0. The molecule has 0 bridgehead atoms. The molecule has 2 rings (SSSR count). The molecular weight excluding hydrogens is 549 g/mol. The summed E-state index contributed by atoms with van der Waals surface area (Å²) in [6.45, 7) is 3.98. The molecule has 2 aromatic carbocycles. The third-order valence-electron chi connectivity index (χ3n) is 5.45. The third kappa shape index (κ3) is 8.16. The van der Waals surface area contributed by atoms with Gasteiger partial charge >= 0.3 is 0 Å². The summed E-state index contributed by atoms with van der Waals surface area (Å²) < 4.78 is 31.2. The highest BCUT2D eigenvalue weighted by Crippen LogP contribution is 2.30. The van der Waals surface area contributed by atoms with Crippen LogP contribution < -0.4 is 14.4 Å². The van der Waals surface area contributed by atoms with Crippen molar-refractivity contribution in [3.05, 3.63) is 57.0 Å². The first kappa shape index (κ1) is 30.0. The number of likely N-dealkylation sites (N-methyl/N-ethyl adjacent to an activating group) is 1. The fourth-order valence-corrected chi connectivity index (χ4v) is 5.23. The molecule has 198 valence electrons. The molecule has 36 heavy (non-hydrogen) atoms. The maximum absolute atomic E-state index is 13.3. The Hall–Kier alpha value is -2.20. The molecule has 0 aliphatic rings. The molecule has 0 fully saturated rings. The summed E-state index contributed by atoms with van der Waals surface area (Å²) in [6.07, 6.45) is 1.30. The predicted octanol–water partition coefficient (Wildman–Crippen LogP) is 4.76. The summed E-state index contributed by atoms with van der Waals surface area (Å²) in [4.78, 5) is 27.2. The monoisotopic (exact) mass is 577 g/mol. The van der Waals surface area contributed by atoms with E-state index in [4.69, 9.17) is 39.5 Å². The van der Waals surface area contributed by atoms with Crippen LogP contribution in [-0.2, 0) is 26.2 Å². The Balaban J connectivity index is 2.21. The number of hydrogen-bond donors (Lipinski definition) is 1. The minimum Gasteiger partial charge on any atom is -0.495 e. The number of carbonyl (C=O) groups is 2. The molecule has 0 radical (unpaired) electrons. The van der Waals surface area contributed by atoms with Crippen molar-refractivity contribution in [3.8, 4) is 5.75 Å². The summed E-state index contributed by atoms with van der Waals surface area (Å²) in [5.41, 5.74) is 0.993. The van der Waals surface area contributed by atoms with Crippen LogP contribution in [0.1, 0.15) is 32.3 Å². The van der Waals surface area contributed by atoms with Gasteiger partial charge in [0.25, 0.3) is 0 Å². The lowest BCUT2D eigenvalue weighted by molar-refractivity contribution is -0.140. The summed E-state index contributed by atoms with van der Waals surface area (Å²) in [7, 11) is -2.19. The molecule has 2 aromatic rings. The molecular formula is C24H30Cl3N3O5S. The van der Waals surface area contributed by atoms with Crippen LogP contribution in [0.15, 0.2) is 36.4 Å². The first-order valence-electron chi connectivity index (χ1n) is 11.2. The second-order valence-corrected chi connectivity index (χ2v) is 11.2. The summed E-state index contributed by atoms with van der Waals surface area (Å²) >= 11 is 18.5. The molecule has 8 nitrogen and oxygen atoms in total. The molecule has 0 saturated heterocycles. The highest BCUT2D eigenvalue weighted by atomic mass is 35.5. The van der Waals surface area contributed by atoms with Crippen molar-refractivity contribution >= 4 is 62.3 Å². The van der Waals surface area contributed by atoms with Crippen molar-refractivity contribution in [1.29, 1.82) is 0 Å². The van der Waals surface area contributed by atoms with E-state index < -0.39 is 16.1 Å². The maximum Gasteiger partial charge on any atom is 0.242 e. The van der Waals surface area contributed by atoms with E-state index in [2.05, 4.69) is 5.32 Å². The molecule has 1 unspecified atom stereocenters. The number of sulfonamides is 1. The lowest BCUT2D eigenvalue weighted by atomic mass is 10.1. The standard InChI is InChI=1S/C24H30Cl3N3O5S/c1-5-28-24(32)16(2)29(15-17-8-9-18(25)13-20(17)26)23(31)7-6-12-30(36(4,33)34)19-10-11-22(35-3)21(27)14-19/h8-11,13-14,16H,5-7,12,15H2,1-4H3,(H,28,32). The second kappa shape index (κ2) is 13.4. The molecule has 0 aliphatic heterocycles. The summed E-state index contributed by atoms with van der Waals surface area (Å²) in [6, 6.07) is 8.82. The fourth-order valence-electron chi connectivity index (χ4n) is 3.55. The minimum atomic E-state index is -3.65. The van der Waals surface area contributed by atoms with Crippen LogP contribution in [0.4, 0.5) is 5.69 Å². The van der Waals surface area contributed by atoms with Gasteiger partial charge in [0.15, 0.2) is 0 Å². The first-order valence-corrected chi connectivity index (χ1v) is 14.2. The largest absolute Gasteiger partial charge is 0.495 e. The molecule has 1 N–H and O–H groups in total. The average Bonchev–Trinajstić information content (AvgIpc) is 2.80. The Labute approximate surface area is 227 Å². The van der Waals surface area contributed by atoms with Crippen molar-refractivity contribution in [2.75, 3.05) is 30.8 Å². The van der Waals surface area contributed by atoms with Gasteiger partial charge in [-0.25, -0.2) is 8.42 Å². The molecule has 0 aromatic heterocycles. The second-order valence-electron chi connectivity index (χ2n) is 8.09. The number of rotatable bonds is 12. The van der Waals surface area contributed by atoms with Gasteiger partial charge in [-0.1, -0.05) is 40.9 Å². The molecule has 0 heterocycles. The van der Waals surface area contributed by atoms with Crippen molar-refractivity contribution in [3.63, 3.8) is 0 Å². The quantitative estimate of drug-likeness (QED) is 0.392. The van der Waals surface area contributed by atoms with Gasteiger partial charge in [0, 0.05) is 36.1 Å². The lowest BCUT2D eigenvalue weighted by Gasteiger charge is -2.29. The summed E-state index contributed by atoms with van der Waals surface area (Å²) in [5, 5.41) is 3.82. The Morgan fingerprint density at radius 3 is 2.33 bits per heavy atom. The number of anilines is 1. The Morgan fingerprint density at radius 2 is 1.78 bits per heavy atom. The van der Waals surface area contributed by atoms with Crippen LogP contribution >= 0.6 is 34.8 Å². The zero-order valence-electron chi connectivity index (χ0n) is 20.6. The Morgan fingerprint density at radius 1 is 1.08 bits per heavy atom. The number of nitrogens with zero attached hydrogens (tertiary/aromatic N) is 2. The van der Waals surface area contributed by atoms with E-state index in [1.807, 2.05) is 0 Å². The third-order valence-corrected chi connectivity index (χ3v) is 7.53. The number of ether oxygens (including phenoxy) is 1. The number of carbonyl (C=O) groups excluding carboxylic acids is 2. The van der Waals surface area contributed by atoms with Crippen molar-refractivity contribution in [2.45, 2.75) is 39.3 Å². The number of hydrogen-bond acceptors (Lipinski definition) is 5. The molecule has 12 heteroatoms. The number of methoxy groups -OCH3 is 1. The van der Waals surface area contributed by atoms with E-state index in [0.717, 1.165) is 6.26 Å². The van der Waals surface area contributed by atoms with Crippen LogP contribution in [0.2, 0.25) is 15.1 Å². The van der Waals surface area contributed by atoms with E-state index in [-0.39, 0.29) is 42.8 Å². The van der Waals surface area contributed by atoms with Gasteiger partial charge in [-0.3, -0.25) is 13.9 Å². The lowest BCUT2D eigenvalue weighted by Crippen LogP contribution is -2.47. The van der Waals surface area contributed by atoms with Gasteiger partial charge in [0.1, 0.15) is 11.8 Å². The van der Waals surface area contributed by atoms with Gasteiger partial charge in [-0.2, -0.15) is 0 Å². The normalized spacial score (nSPS) is 12.1. The number of benzene rings is 2. The van der Waals surface area contributed by atoms with Gasteiger partial charge in [-0.15, -0.1) is 0 Å². The smallest absolute Gasteiger partial charge is 0.242 e. The highest BCUT2D eigenvalue weighted by Gasteiger charge is 2.27. The number of halogens is 3. The fraction of sp³-hybridized carbons (Fsp3) is 0.417. The van der Waals surface area contributed by atoms with Gasteiger partial charge in [0.05, 0.1) is 24.1 Å². The molecule has 2 amide bonds. The van der Waals surface area contributed by atoms with E-state index >= 15 is 0 Å². The highest BCUT2D eigenvalue weighted by molar-refractivity contribution is 7.92. The van der Waals surface area contributed by atoms with Gasteiger partial charge < -0.3 is 15.0 Å². The van der Waals surface area contributed by atoms with Crippen LogP contribution in [-0.4, -0.2) is 57.6 Å². The van der Waals surface area contributed by atoms with E-state index in [1.165, 1.54) is 22.4 Å².